The first-order chi connectivity index (χ1) is 9.48. The van der Waals surface area contributed by atoms with Crippen molar-refractivity contribution in [1.82, 2.24) is 0 Å². The molecule has 0 saturated carbocycles. The van der Waals surface area contributed by atoms with Crippen molar-refractivity contribution in [3.05, 3.63) is 41.5 Å². The molecule has 0 saturated heterocycles. The van der Waals surface area contributed by atoms with Crippen molar-refractivity contribution in [2.24, 2.45) is 4.99 Å². The van der Waals surface area contributed by atoms with Crippen molar-refractivity contribution in [2.75, 3.05) is 0 Å². The minimum absolute atomic E-state index is 0.0227. The summed E-state index contributed by atoms with van der Waals surface area (Å²) in [5.41, 5.74) is 4.02. The van der Waals surface area contributed by atoms with Crippen LogP contribution >= 0.6 is 0 Å². The molecule has 0 spiro atoms. The molecule has 1 aromatic carbocycles. The van der Waals surface area contributed by atoms with E-state index in [0.29, 0.717) is 0 Å². The molecule has 0 heterocycles. The Kier molecular flexibility index (Phi) is 6.70. The molecule has 0 aliphatic heterocycles. The van der Waals surface area contributed by atoms with Gasteiger partial charge >= 0.3 is 0 Å². The zero-order valence-corrected chi connectivity index (χ0v) is 13.7. The molecule has 1 heteroatoms. The average molecular weight is 271 g/mol. The van der Waals surface area contributed by atoms with Gasteiger partial charge in [0.05, 0.1) is 5.54 Å². The van der Waals surface area contributed by atoms with Crippen LogP contribution in [-0.4, -0.2) is 11.8 Å². The van der Waals surface area contributed by atoms with Crippen LogP contribution in [-0.2, 0) is 0 Å². The van der Waals surface area contributed by atoms with E-state index >= 15 is 0 Å². The Bertz CT molecular complexity index is 461. The second kappa shape index (κ2) is 8.04. The van der Waals surface area contributed by atoms with Crippen molar-refractivity contribution >= 4 is 11.8 Å². The van der Waals surface area contributed by atoms with Crippen molar-refractivity contribution < 1.29 is 0 Å². The molecule has 110 valence electrons. The average Bonchev–Trinajstić information content (AvgIpc) is 2.41. The first kappa shape index (κ1) is 16.7. The number of hydrogen-bond acceptors (Lipinski definition) is 1. The molecule has 20 heavy (non-hydrogen) atoms. The van der Waals surface area contributed by atoms with Gasteiger partial charge in [-0.15, -0.1) is 0 Å². The van der Waals surface area contributed by atoms with Crippen LogP contribution in [0.2, 0.25) is 0 Å². The van der Waals surface area contributed by atoms with Crippen LogP contribution in [0.3, 0.4) is 0 Å². The maximum atomic E-state index is 4.66. The molecule has 0 aliphatic rings. The number of aliphatic imine (C=N–C) groups is 1. The van der Waals surface area contributed by atoms with Crippen LogP contribution in [0, 0.1) is 0 Å². The molecule has 0 fully saturated rings. The summed E-state index contributed by atoms with van der Waals surface area (Å²) < 4.78 is 0. The van der Waals surface area contributed by atoms with Gasteiger partial charge in [0.25, 0.3) is 0 Å². The standard InChI is InChI=1S/C19H29N/c1-6-8-12-16(11-7-2)18-14-10-9-13-17(18)15-20-19(3,4)5/h9-10,12-15H,6-8,11H2,1-5H3/b16-12+,20-15?. The SMILES string of the molecule is CCC/C=C(\CCC)c1ccccc1C=NC(C)(C)C. The van der Waals surface area contributed by atoms with Gasteiger partial charge in [-0.05, 0) is 50.3 Å². The van der Waals surface area contributed by atoms with Gasteiger partial charge in [0, 0.05) is 6.21 Å². The second-order valence-corrected chi connectivity index (χ2v) is 6.28. The minimum Gasteiger partial charge on any atom is -0.287 e. The Hall–Kier alpha value is -1.37. The van der Waals surface area contributed by atoms with Crippen molar-refractivity contribution in [2.45, 2.75) is 65.8 Å². The summed E-state index contributed by atoms with van der Waals surface area (Å²) in [6.07, 6.45) is 9.10. The van der Waals surface area contributed by atoms with Gasteiger partial charge in [-0.25, -0.2) is 0 Å². The van der Waals surface area contributed by atoms with Crippen LogP contribution in [0.1, 0.15) is 71.4 Å². The van der Waals surface area contributed by atoms with Gasteiger partial charge in [0.1, 0.15) is 0 Å². The number of allylic oxidation sites excluding steroid dienone is 2. The molecular weight excluding hydrogens is 242 g/mol. The summed E-state index contributed by atoms with van der Waals surface area (Å²) in [6, 6.07) is 8.61. The first-order valence-corrected chi connectivity index (χ1v) is 7.81. The van der Waals surface area contributed by atoms with E-state index in [1.54, 1.807) is 0 Å². The molecule has 1 aromatic rings. The molecule has 0 atom stereocenters. The fourth-order valence-corrected chi connectivity index (χ4v) is 2.10. The zero-order valence-electron chi connectivity index (χ0n) is 13.7. The molecule has 0 radical (unpaired) electrons. The lowest BCUT2D eigenvalue weighted by Crippen LogP contribution is -2.10. The molecule has 0 bridgehead atoms. The summed E-state index contributed by atoms with van der Waals surface area (Å²) in [6.45, 7) is 10.9. The third-order valence-electron chi connectivity index (χ3n) is 3.10. The lowest BCUT2D eigenvalue weighted by molar-refractivity contribution is 0.586. The summed E-state index contributed by atoms with van der Waals surface area (Å²) >= 11 is 0. The largest absolute Gasteiger partial charge is 0.287 e. The Morgan fingerprint density at radius 3 is 2.40 bits per heavy atom. The number of nitrogens with zero attached hydrogens (tertiary/aromatic N) is 1. The topological polar surface area (TPSA) is 12.4 Å². The van der Waals surface area contributed by atoms with E-state index in [4.69, 9.17) is 0 Å². The van der Waals surface area contributed by atoms with E-state index in [2.05, 4.69) is 70.0 Å². The van der Waals surface area contributed by atoms with Gasteiger partial charge in [-0.3, -0.25) is 4.99 Å². The van der Waals surface area contributed by atoms with Crippen LogP contribution in [0.25, 0.3) is 5.57 Å². The summed E-state index contributed by atoms with van der Waals surface area (Å²) in [4.78, 5) is 4.66. The fraction of sp³-hybridized carbons (Fsp3) is 0.526. The van der Waals surface area contributed by atoms with E-state index in [-0.39, 0.29) is 5.54 Å². The number of unbranched alkanes of at least 4 members (excludes halogenated alkanes) is 1. The molecule has 1 nitrogen and oxygen atoms in total. The molecule has 0 aromatic heterocycles. The normalized spacial score (nSPS) is 13.2. The lowest BCUT2D eigenvalue weighted by atomic mass is 9.95. The van der Waals surface area contributed by atoms with Crippen LogP contribution in [0.15, 0.2) is 35.3 Å². The highest BCUT2D eigenvalue weighted by molar-refractivity contribution is 5.88. The van der Waals surface area contributed by atoms with Crippen molar-refractivity contribution in [3.63, 3.8) is 0 Å². The van der Waals surface area contributed by atoms with Crippen molar-refractivity contribution in [3.8, 4) is 0 Å². The van der Waals surface area contributed by atoms with E-state index in [0.717, 1.165) is 12.8 Å². The van der Waals surface area contributed by atoms with Crippen LogP contribution < -0.4 is 0 Å². The zero-order chi connectivity index (χ0) is 15.0. The van der Waals surface area contributed by atoms with E-state index in [1.165, 1.54) is 29.5 Å². The maximum Gasteiger partial charge on any atom is 0.0524 e. The van der Waals surface area contributed by atoms with Crippen LogP contribution in [0.4, 0.5) is 0 Å². The smallest absolute Gasteiger partial charge is 0.0524 e. The first-order valence-electron chi connectivity index (χ1n) is 7.81. The summed E-state index contributed by atoms with van der Waals surface area (Å²) in [7, 11) is 0. The third-order valence-corrected chi connectivity index (χ3v) is 3.10. The molecule has 0 N–H and O–H groups in total. The molecule has 1 rings (SSSR count). The Morgan fingerprint density at radius 1 is 1.10 bits per heavy atom. The lowest BCUT2D eigenvalue weighted by Gasteiger charge is -2.14. The number of hydrogen-bond donors (Lipinski definition) is 0. The van der Waals surface area contributed by atoms with Gasteiger partial charge < -0.3 is 0 Å². The molecule has 0 amide bonds. The van der Waals surface area contributed by atoms with E-state index in [9.17, 15) is 0 Å². The van der Waals surface area contributed by atoms with Gasteiger partial charge in [0.15, 0.2) is 0 Å². The molecule has 0 aliphatic carbocycles. The highest BCUT2D eigenvalue weighted by atomic mass is 14.8. The predicted molar refractivity (Wildman–Crippen MR) is 91.6 cm³/mol. The van der Waals surface area contributed by atoms with E-state index < -0.39 is 0 Å². The highest BCUT2D eigenvalue weighted by Crippen LogP contribution is 2.24. The van der Waals surface area contributed by atoms with Crippen LogP contribution in [0.5, 0.6) is 0 Å². The number of rotatable bonds is 6. The molecule has 0 unspecified atom stereocenters. The summed E-state index contributed by atoms with van der Waals surface area (Å²) in [5, 5.41) is 0. The van der Waals surface area contributed by atoms with Gasteiger partial charge in [-0.2, -0.15) is 0 Å². The second-order valence-electron chi connectivity index (χ2n) is 6.28. The monoisotopic (exact) mass is 271 g/mol. The Morgan fingerprint density at radius 2 is 1.80 bits per heavy atom. The minimum atomic E-state index is -0.0227. The third kappa shape index (κ3) is 5.73. The van der Waals surface area contributed by atoms with Crippen molar-refractivity contribution in [1.29, 1.82) is 0 Å². The van der Waals surface area contributed by atoms with E-state index in [1.807, 2.05) is 6.21 Å². The summed E-state index contributed by atoms with van der Waals surface area (Å²) in [5.74, 6) is 0. The van der Waals surface area contributed by atoms with Gasteiger partial charge in [-0.1, -0.05) is 57.0 Å². The number of benzene rings is 1. The Labute approximate surface area is 124 Å². The van der Waals surface area contributed by atoms with Gasteiger partial charge in [0.2, 0.25) is 0 Å². The highest BCUT2D eigenvalue weighted by Gasteiger charge is 2.08. The maximum absolute atomic E-state index is 4.66. The fourth-order valence-electron chi connectivity index (χ4n) is 2.10. The predicted octanol–water partition coefficient (Wildman–Crippen LogP) is 5.89. The molecular formula is C19H29N. The quantitative estimate of drug-likeness (QED) is 0.572. The Balaban J connectivity index is 3.12.